The van der Waals surface area contributed by atoms with Gasteiger partial charge in [0.15, 0.2) is 0 Å². The van der Waals surface area contributed by atoms with Crippen LogP contribution in [-0.2, 0) is 21.4 Å². The molecular formula is C26H29N3O4S. The fourth-order valence-corrected chi connectivity index (χ4v) is 5.61. The van der Waals surface area contributed by atoms with E-state index in [9.17, 15) is 13.2 Å². The van der Waals surface area contributed by atoms with Crippen LogP contribution < -0.4 is 10.2 Å². The van der Waals surface area contributed by atoms with Gasteiger partial charge in [0.25, 0.3) is 5.91 Å². The first-order valence-electron chi connectivity index (χ1n) is 10.8. The minimum atomic E-state index is -3.95. The predicted molar refractivity (Wildman–Crippen MR) is 133 cm³/mol. The fraction of sp³-hybridized carbons (Fsp3) is 0.231. The highest BCUT2D eigenvalue weighted by Gasteiger charge is 2.29. The van der Waals surface area contributed by atoms with Crippen LogP contribution in [0.1, 0.15) is 27.8 Å². The summed E-state index contributed by atoms with van der Waals surface area (Å²) in [6.45, 7) is 5.15. The van der Waals surface area contributed by atoms with Crippen LogP contribution in [0.2, 0.25) is 0 Å². The second-order valence-corrected chi connectivity index (χ2v) is 9.93. The number of nitrogens with zero attached hydrogens (tertiary/aromatic N) is 2. The lowest BCUT2D eigenvalue weighted by Gasteiger charge is -2.24. The summed E-state index contributed by atoms with van der Waals surface area (Å²) in [5.41, 5.74) is 6.22. The largest absolute Gasteiger partial charge is 0.497 e. The summed E-state index contributed by atoms with van der Waals surface area (Å²) < 4.78 is 33.7. The van der Waals surface area contributed by atoms with Gasteiger partial charge in [-0.3, -0.25) is 4.79 Å². The molecule has 0 aliphatic rings. The lowest BCUT2D eigenvalue weighted by atomic mass is 10.1. The monoisotopic (exact) mass is 479 g/mol. The Hall–Kier alpha value is -3.49. The van der Waals surface area contributed by atoms with E-state index in [1.807, 2.05) is 61.5 Å². The first-order chi connectivity index (χ1) is 16.2. The Bertz CT molecular complexity index is 1270. The van der Waals surface area contributed by atoms with Crippen LogP contribution >= 0.6 is 0 Å². The van der Waals surface area contributed by atoms with E-state index in [4.69, 9.17) is 4.74 Å². The molecule has 0 atom stereocenters. The maximum atomic E-state index is 13.7. The molecule has 8 heteroatoms. The normalized spacial score (nSPS) is 11.7. The van der Waals surface area contributed by atoms with Crippen LogP contribution in [0.3, 0.4) is 0 Å². The summed E-state index contributed by atoms with van der Waals surface area (Å²) in [4.78, 5) is 12.9. The van der Waals surface area contributed by atoms with Crippen molar-refractivity contribution < 1.29 is 17.9 Å². The van der Waals surface area contributed by atoms with Crippen molar-refractivity contribution in [2.24, 2.45) is 5.10 Å². The van der Waals surface area contributed by atoms with Gasteiger partial charge in [-0.2, -0.15) is 9.41 Å². The van der Waals surface area contributed by atoms with Gasteiger partial charge in [-0.15, -0.1) is 0 Å². The molecule has 3 aromatic carbocycles. The molecule has 0 saturated heterocycles. The van der Waals surface area contributed by atoms with Crippen LogP contribution in [-0.4, -0.2) is 38.5 Å². The molecule has 1 amide bonds. The van der Waals surface area contributed by atoms with Crippen molar-refractivity contribution in [3.8, 4) is 5.75 Å². The molecule has 3 rings (SSSR count). The third kappa shape index (κ3) is 6.30. The first kappa shape index (κ1) is 25.1. The molecular weight excluding hydrogens is 450 g/mol. The zero-order valence-corrected chi connectivity index (χ0v) is 20.6. The molecule has 7 nitrogen and oxygen atoms in total. The Morgan fingerprint density at radius 2 is 1.68 bits per heavy atom. The second-order valence-electron chi connectivity index (χ2n) is 8.06. The van der Waals surface area contributed by atoms with E-state index in [-0.39, 0.29) is 18.0 Å². The number of hydrogen-bond donors (Lipinski definition) is 1. The van der Waals surface area contributed by atoms with E-state index < -0.39 is 15.9 Å². The minimum Gasteiger partial charge on any atom is -0.497 e. The number of hydrazone groups is 1. The van der Waals surface area contributed by atoms with Crippen molar-refractivity contribution >= 4 is 22.1 Å². The van der Waals surface area contributed by atoms with Gasteiger partial charge in [-0.25, -0.2) is 13.8 Å². The smallest absolute Gasteiger partial charge is 0.255 e. The van der Waals surface area contributed by atoms with Crippen molar-refractivity contribution in [2.75, 3.05) is 13.7 Å². The Labute approximate surface area is 201 Å². The maximum Gasteiger partial charge on any atom is 0.255 e. The van der Waals surface area contributed by atoms with Gasteiger partial charge < -0.3 is 4.74 Å². The maximum absolute atomic E-state index is 13.7. The minimum absolute atomic E-state index is 0.0585. The summed E-state index contributed by atoms with van der Waals surface area (Å²) in [6, 6.07) is 20.0. The molecule has 0 saturated carbocycles. The molecule has 0 fully saturated rings. The topological polar surface area (TPSA) is 88.1 Å². The average molecular weight is 480 g/mol. The third-order valence-corrected chi connectivity index (χ3v) is 7.32. The number of carbonyl (C=O) groups is 1. The van der Waals surface area contributed by atoms with Gasteiger partial charge in [0.2, 0.25) is 10.0 Å². The fourth-order valence-electron chi connectivity index (χ4n) is 3.81. The number of aryl methyl sites for hydroxylation is 3. The number of hydrogen-bond acceptors (Lipinski definition) is 5. The first-order valence-corrected chi connectivity index (χ1v) is 12.2. The molecule has 0 unspecified atom stereocenters. The average Bonchev–Trinajstić information content (AvgIpc) is 2.78. The summed E-state index contributed by atoms with van der Waals surface area (Å²) >= 11 is 0. The Balaban J connectivity index is 1.84. The number of ether oxygens (including phenoxy) is 1. The quantitative estimate of drug-likeness (QED) is 0.372. The Morgan fingerprint density at radius 1 is 1.00 bits per heavy atom. The molecule has 0 aliphatic heterocycles. The van der Waals surface area contributed by atoms with E-state index in [0.717, 1.165) is 16.7 Å². The van der Waals surface area contributed by atoms with Crippen LogP contribution in [0, 0.1) is 20.8 Å². The zero-order chi connectivity index (χ0) is 24.7. The lowest BCUT2D eigenvalue weighted by Crippen LogP contribution is -2.39. The highest BCUT2D eigenvalue weighted by molar-refractivity contribution is 7.89. The van der Waals surface area contributed by atoms with Gasteiger partial charge in [0.05, 0.1) is 24.8 Å². The second kappa shape index (κ2) is 11.1. The molecule has 3 aromatic rings. The summed E-state index contributed by atoms with van der Waals surface area (Å²) in [5.74, 6) is 0.125. The Kier molecular flexibility index (Phi) is 8.20. The summed E-state index contributed by atoms with van der Waals surface area (Å²) in [7, 11) is -2.39. The van der Waals surface area contributed by atoms with E-state index in [0.29, 0.717) is 16.9 Å². The van der Waals surface area contributed by atoms with Crippen LogP contribution in [0.5, 0.6) is 5.75 Å². The Morgan fingerprint density at radius 3 is 2.32 bits per heavy atom. The number of amides is 1. The number of nitrogens with one attached hydrogen (secondary N) is 1. The van der Waals surface area contributed by atoms with Crippen molar-refractivity contribution in [3.63, 3.8) is 0 Å². The number of benzene rings is 3. The molecule has 0 radical (unpaired) electrons. The lowest BCUT2D eigenvalue weighted by molar-refractivity contribution is -0.121. The highest BCUT2D eigenvalue weighted by Crippen LogP contribution is 2.26. The van der Waals surface area contributed by atoms with E-state index in [2.05, 4.69) is 10.5 Å². The highest BCUT2D eigenvalue weighted by atomic mass is 32.2. The molecule has 0 aliphatic carbocycles. The molecule has 0 aromatic heterocycles. The van der Waals surface area contributed by atoms with Gasteiger partial charge in [-0.1, -0.05) is 60.2 Å². The standard InChI is InChI=1S/C26H29N3O4S/c1-19-13-20(2)26(21(3)14-19)34(31,32)29(17-22-9-6-5-7-10-22)18-25(30)28-27-16-23-11-8-12-24(15-23)33-4/h5-16H,17-18H2,1-4H3,(H,28,30)/b27-16-. The van der Waals surface area contributed by atoms with Crippen molar-refractivity contribution in [2.45, 2.75) is 32.2 Å². The van der Waals surface area contributed by atoms with E-state index in [1.165, 1.54) is 10.5 Å². The molecule has 0 spiro atoms. The molecule has 1 N–H and O–H groups in total. The number of carbonyl (C=O) groups excluding carboxylic acids is 1. The predicted octanol–water partition coefficient (Wildman–Crippen LogP) is 3.96. The van der Waals surface area contributed by atoms with Gasteiger partial charge >= 0.3 is 0 Å². The molecule has 0 heterocycles. The molecule has 178 valence electrons. The molecule has 0 bridgehead atoms. The van der Waals surface area contributed by atoms with Crippen LogP contribution in [0.25, 0.3) is 0 Å². The number of methoxy groups -OCH3 is 1. The van der Waals surface area contributed by atoms with Gasteiger partial charge in [-0.05, 0) is 55.2 Å². The van der Waals surface area contributed by atoms with E-state index in [1.54, 1.807) is 33.1 Å². The molecule has 34 heavy (non-hydrogen) atoms. The van der Waals surface area contributed by atoms with Crippen LogP contribution in [0.4, 0.5) is 0 Å². The van der Waals surface area contributed by atoms with Gasteiger partial charge in [0, 0.05) is 6.54 Å². The van der Waals surface area contributed by atoms with Gasteiger partial charge in [0.1, 0.15) is 5.75 Å². The van der Waals surface area contributed by atoms with Crippen molar-refractivity contribution in [3.05, 3.63) is 94.5 Å². The zero-order valence-electron chi connectivity index (χ0n) is 19.8. The summed E-state index contributed by atoms with van der Waals surface area (Å²) in [6.07, 6.45) is 1.48. The van der Waals surface area contributed by atoms with Crippen LogP contribution in [0.15, 0.2) is 76.7 Å². The SMILES string of the molecule is COc1cccc(/C=N\NC(=O)CN(Cc2ccccc2)S(=O)(=O)c2c(C)cc(C)cc2C)c1. The number of rotatable bonds is 9. The third-order valence-electron chi connectivity index (χ3n) is 5.22. The van der Waals surface area contributed by atoms with E-state index >= 15 is 0 Å². The van der Waals surface area contributed by atoms with Crippen molar-refractivity contribution in [1.29, 1.82) is 0 Å². The van der Waals surface area contributed by atoms with Crippen molar-refractivity contribution in [1.82, 2.24) is 9.73 Å². The number of sulfonamides is 1. The summed E-state index contributed by atoms with van der Waals surface area (Å²) in [5, 5.41) is 3.98.